The molecule has 1 aromatic carbocycles. The molecule has 27 heavy (non-hydrogen) atoms. The topological polar surface area (TPSA) is 40.0 Å². The third-order valence-corrected chi connectivity index (χ3v) is 4.01. The molecule has 0 saturated heterocycles. The van der Waals surface area contributed by atoms with Gasteiger partial charge in [-0.2, -0.15) is 0 Å². The summed E-state index contributed by atoms with van der Waals surface area (Å²) in [5, 5.41) is 3.93. The van der Waals surface area contributed by atoms with Crippen LogP contribution in [0.5, 0.6) is 11.5 Å². The van der Waals surface area contributed by atoms with Crippen molar-refractivity contribution >= 4 is 28.9 Å². The van der Waals surface area contributed by atoms with Gasteiger partial charge in [0, 0.05) is 0 Å². The molecule has 0 atom stereocenters. The first kappa shape index (κ1) is 23.6. The summed E-state index contributed by atoms with van der Waals surface area (Å²) >= 11 is 11.2. The van der Waals surface area contributed by atoms with Crippen molar-refractivity contribution in [2.75, 3.05) is 19.8 Å². The van der Waals surface area contributed by atoms with Crippen molar-refractivity contribution in [3.8, 4) is 11.5 Å². The van der Waals surface area contributed by atoms with E-state index in [1.165, 1.54) is 5.56 Å². The lowest BCUT2D eigenvalue weighted by Gasteiger charge is -2.16. The number of ether oxygens (including phenoxy) is 2. The molecule has 1 rings (SSSR count). The number of rotatable bonds is 13. The third kappa shape index (κ3) is 10.5. The van der Waals surface area contributed by atoms with Gasteiger partial charge in [0.2, 0.25) is 0 Å². The van der Waals surface area contributed by atoms with Crippen LogP contribution in [0.4, 0.5) is 0 Å². The van der Waals surface area contributed by atoms with E-state index in [1.54, 1.807) is 6.08 Å². The fourth-order valence-corrected chi connectivity index (χ4v) is 2.68. The molecule has 0 spiro atoms. The van der Waals surface area contributed by atoms with E-state index in [-0.39, 0.29) is 4.49 Å². The van der Waals surface area contributed by atoms with Crippen molar-refractivity contribution in [3.63, 3.8) is 0 Å². The fourth-order valence-electron chi connectivity index (χ4n) is 2.55. The van der Waals surface area contributed by atoms with Gasteiger partial charge in [-0.05, 0) is 75.8 Å². The number of benzene rings is 1. The summed E-state index contributed by atoms with van der Waals surface area (Å²) in [6.07, 6.45) is 6.63. The van der Waals surface area contributed by atoms with E-state index in [0.717, 1.165) is 54.9 Å². The number of hydrogen-bond donors (Lipinski definition) is 0. The van der Waals surface area contributed by atoms with Gasteiger partial charge >= 0.3 is 0 Å². The third-order valence-electron chi connectivity index (χ3n) is 3.71. The first-order valence-electron chi connectivity index (χ1n) is 9.47. The number of unbranched alkanes of at least 4 members (excludes halogenated alkanes) is 2. The van der Waals surface area contributed by atoms with Crippen LogP contribution in [0.15, 0.2) is 27.9 Å². The van der Waals surface area contributed by atoms with Gasteiger partial charge in [-0.3, -0.25) is 0 Å². The number of nitrogens with zero attached hydrogens (tertiary/aromatic N) is 1. The molecule has 0 aliphatic heterocycles. The van der Waals surface area contributed by atoms with E-state index < -0.39 is 0 Å². The molecule has 0 aliphatic carbocycles. The Morgan fingerprint density at radius 2 is 1.81 bits per heavy atom. The van der Waals surface area contributed by atoms with Crippen molar-refractivity contribution < 1.29 is 14.3 Å². The molecule has 152 valence electrons. The Balaban J connectivity index is 2.53. The summed E-state index contributed by atoms with van der Waals surface area (Å²) < 4.78 is 12.0. The lowest BCUT2D eigenvalue weighted by Crippen LogP contribution is -2.04. The smallest absolute Gasteiger partial charge is 0.125 e. The monoisotopic (exact) mass is 415 g/mol. The molecule has 0 aliphatic rings. The normalized spacial score (nSPS) is 10.3. The maximum absolute atomic E-state index is 6.08. The van der Waals surface area contributed by atoms with Crippen LogP contribution in [0.25, 0.3) is 0 Å². The number of halogens is 2. The highest BCUT2D eigenvalue weighted by atomic mass is 35.5. The first-order chi connectivity index (χ1) is 12.9. The van der Waals surface area contributed by atoms with Gasteiger partial charge < -0.3 is 14.3 Å². The number of aryl methyl sites for hydroxylation is 2. The van der Waals surface area contributed by atoms with Crippen molar-refractivity contribution in [2.24, 2.45) is 5.16 Å². The maximum atomic E-state index is 6.08. The van der Waals surface area contributed by atoms with Crippen molar-refractivity contribution in [3.05, 3.63) is 33.8 Å². The van der Waals surface area contributed by atoms with Gasteiger partial charge in [0.15, 0.2) is 0 Å². The van der Waals surface area contributed by atoms with Crippen LogP contribution in [-0.4, -0.2) is 25.5 Å². The van der Waals surface area contributed by atoms with Crippen LogP contribution in [0, 0.1) is 6.92 Å². The average Bonchev–Trinajstić information content (AvgIpc) is 2.58. The molecule has 0 bridgehead atoms. The Labute approximate surface area is 173 Å². The zero-order chi connectivity index (χ0) is 20.1. The lowest BCUT2D eigenvalue weighted by atomic mass is 10.0. The molecule has 0 amide bonds. The predicted octanol–water partition coefficient (Wildman–Crippen LogP) is 6.61. The van der Waals surface area contributed by atoms with Crippen LogP contribution in [0.1, 0.15) is 57.6 Å². The summed E-state index contributed by atoms with van der Waals surface area (Å²) in [4.78, 5) is 5.20. The zero-order valence-corrected chi connectivity index (χ0v) is 18.3. The SMILES string of the molecule is CCCc1cc(OCC=C(Cl)Cl)cc(C)c1OCCCCCON=C(C)C. The van der Waals surface area contributed by atoms with E-state index in [4.69, 9.17) is 37.5 Å². The predicted molar refractivity (Wildman–Crippen MR) is 115 cm³/mol. The number of oxime groups is 1. The van der Waals surface area contributed by atoms with Crippen LogP contribution in [-0.2, 0) is 11.3 Å². The Morgan fingerprint density at radius 3 is 2.48 bits per heavy atom. The van der Waals surface area contributed by atoms with Crippen LogP contribution in [0.3, 0.4) is 0 Å². The molecule has 0 N–H and O–H groups in total. The number of hydrogen-bond acceptors (Lipinski definition) is 4. The van der Waals surface area contributed by atoms with Gasteiger partial charge in [-0.25, -0.2) is 0 Å². The highest BCUT2D eigenvalue weighted by Crippen LogP contribution is 2.30. The van der Waals surface area contributed by atoms with Gasteiger partial charge in [0.05, 0.1) is 12.3 Å². The summed E-state index contributed by atoms with van der Waals surface area (Å²) in [5.74, 6) is 1.77. The van der Waals surface area contributed by atoms with Crippen molar-refractivity contribution in [2.45, 2.75) is 59.8 Å². The van der Waals surface area contributed by atoms with Crippen molar-refractivity contribution in [1.29, 1.82) is 0 Å². The van der Waals surface area contributed by atoms with Gasteiger partial charge in [0.25, 0.3) is 0 Å². The lowest BCUT2D eigenvalue weighted by molar-refractivity contribution is 0.138. The molecular formula is C21H31Cl2NO3. The molecular weight excluding hydrogens is 385 g/mol. The molecule has 1 aromatic rings. The highest BCUT2D eigenvalue weighted by molar-refractivity contribution is 6.55. The molecule has 4 nitrogen and oxygen atoms in total. The Kier molecular flexibility index (Phi) is 12.0. The largest absolute Gasteiger partial charge is 0.493 e. The quantitative estimate of drug-likeness (QED) is 0.206. The summed E-state index contributed by atoms with van der Waals surface area (Å²) in [5.41, 5.74) is 3.18. The summed E-state index contributed by atoms with van der Waals surface area (Å²) in [6.45, 7) is 9.73. The molecule has 0 radical (unpaired) electrons. The van der Waals surface area contributed by atoms with E-state index in [1.807, 2.05) is 32.9 Å². The highest BCUT2D eigenvalue weighted by Gasteiger charge is 2.10. The minimum absolute atomic E-state index is 0.211. The van der Waals surface area contributed by atoms with E-state index in [9.17, 15) is 0 Å². The summed E-state index contributed by atoms with van der Waals surface area (Å²) in [6, 6.07) is 4.03. The molecule has 6 heteroatoms. The first-order valence-corrected chi connectivity index (χ1v) is 10.2. The summed E-state index contributed by atoms with van der Waals surface area (Å²) in [7, 11) is 0. The second-order valence-corrected chi connectivity index (χ2v) is 7.57. The fraction of sp³-hybridized carbons (Fsp3) is 0.571. The molecule has 0 heterocycles. The van der Waals surface area contributed by atoms with Crippen molar-refractivity contribution in [1.82, 2.24) is 0 Å². The van der Waals surface area contributed by atoms with Gasteiger partial charge in [0.1, 0.15) is 29.2 Å². The van der Waals surface area contributed by atoms with Gasteiger partial charge in [-0.1, -0.05) is 41.7 Å². The van der Waals surface area contributed by atoms with Crippen LogP contribution >= 0.6 is 23.2 Å². The van der Waals surface area contributed by atoms with E-state index in [2.05, 4.69) is 12.1 Å². The minimum Gasteiger partial charge on any atom is -0.493 e. The van der Waals surface area contributed by atoms with Gasteiger partial charge in [-0.15, -0.1) is 0 Å². The standard InChI is InChI=1S/C21H31Cl2NO3/c1-5-9-18-15-19(25-13-10-20(22)23)14-17(4)21(18)26-11-7-6-8-12-27-24-16(2)3/h10,14-15H,5-9,11-13H2,1-4H3. The van der Waals surface area contributed by atoms with Crippen LogP contribution in [0.2, 0.25) is 0 Å². The zero-order valence-electron chi connectivity index (χ0n) is 16.8. The Hall–Kier alpha value is -1.39. The average molecular weight is 416 g/mol. The van der Waals surface area contributed by atoms with Crippen LogP contribution < -0.4 is 9.47 Å². The van der Waals surface area contributed by atoms with E-state index in [0.29, 0.717) is 19.8 Å². The Bertz CT molecular complexity index is 622. The molecule has 0 fully saturated rings. The molecule has 0 saturated carbocycles. The van der Waals surface area contributed by atoms with E-state index >= 15 is 0 Å². The second kappa shape index (κ2) is 13.7. The maximum Gasteiger partial charge on any atom is 0.125 e. The Morgan fingerprint density at radius 1 is 1.07 bits per heavy atom. The second-order valence-electron chi connectivity index (χ2n) is 6.56. The minimum atomic E-state index is 0.211. The molecule has 0 aromatic heterocycles. The molecule has 0 unspecified atom stereocenters.